The molecule has 0 bridgehead atoms. The lowest BCUT2D eigenvalue weighted by Crippen LogP contribution is -1.97. The maximum atomic E-state index is 8.29. The zero-order valence-electron chi connectivity index (χ0n) is 14.7. The van der Waals surface area contributed by atoms with Gasteiger partial charge in [0.2, 0.25) is 0 Å². The Balaban J connectivity index is 0.000000758. The molecule has 5 heteroatoms. The maximum Gasteiger partial charge on any atom is 0.335 e. The lowest BCUT2D eigenvalue weighted by molar-refractivity contribution is 0.305. The van der Waals surface area contributed by atoms with Gasteiger partial charge in [-0.15, -0.1) is 0 Å². The maximum absolute atomic E-state index is 8.29. The molecule has 3 aromatic rings. The van der Waals surface area contributed by atoms with Crippen LogP contribution in [-0.2, 0) is 11.6 Å². The average Bonchev–Trinajstić information content (AvgIpc) is 2.67. The van der Waals surface area contributed by atoms with Crippen LogP contribution in [0.1, 0.15) is 26.2 Å². The predicted molar refractivity (Wildman–Crippen MR) is 104 cm³/mol. The van der Waals surface area contributed by atoms with E-state index in [1.807, 2.05) is 48.5 Å². The number of unbranched alkanes of at least 4 members (excludes halogenated alkanes) is 2. The van der Waals surface area contributed by atoms with Crippen LogP contribution in [0.5, 0.6) is 17.2 Å². The van der Waals surface area contributed by atoms with Gasteiger partial charge in [0.15, 0.2) is 0 Å². The molecule has 26 heavy (non-hydrogen) atoms. The fourth-order valence-corrected chi connectivity index (χ4v) is 2.58. The number of ether oxygens (including phenoxy) is 2. The topological polar surface area (TPSA) is 52.6 Å². The summed E-state index contributed by atoms with van der Waals surface area (Å²) in [5.41, 5.74) is 0. The Morgan fingerprint density at radius 1 is 0.846 bits per heavy atom. The molecule has 0 aliphatic carbocycles. The van der Waals surface area contributed by atoms with E-state index >= 15 is 0 Å². The van der Waals surface area contributed by atoms with Gasteiger partial charge < -0.3 is 9.47 Å². The van der Waals surface area contributed by atoms with Gasteiger partial charge in [0, 0.05) is 11.5 Å². The van der Waals surface area contributed by atoms with Crippen LogP contribution in [0.3, 0.4) is 0 Å². The normalized spacial score (nSPS) is 9.88. The molecule has 0 atom stereocenters. The molecule has 0 fully saturated rings. The number of rotatable bonds is 7. The Labute approximate surface area is 157 Å². The summed E-state index contributed by atoms with van der Waals surface area (Å²) >= 11 is -0.750. The molecule has 3 rings (SSSR count). The summed E-state index contributed by atoms with van der Waals surface area (Å²) in [6.07, 6.45) is 3.49. The third kappa shape index (κ3) is 6.01. The first-order chi connectivity index (χ1) is 12.8. The molecule has 0 aliphatic heterocycles. The predicted octanol–water partition coefficient (Wildman–Crippen LogP) is 5.53. The molecular weight excluding hydrogens is 348 g/mol. The number of hydrogen-bond donors (Lipinski definition) is 0. The SMILES string of the molecule is CCCCCOc1cccc(Oc2cccc3ccccc23)c1.O=S=O. The fraction of sp³-hybridized carbons (Fsp3) is 0.238. The largest absolute Gasteiger partial charge is 0.493 e. The molecule has 0 unspecified atom stereocenters. The molecule has 0 saturated heterocycles. The third-order valence-electron chi connectivity index (χ3n) is 3.80. The molecule has 4 nitrogen and oxygen atoms in total. The Kier molecular flexibility index (Phi) is 8.36. The minimum absolute atomic E-state index is 0.750. The van der Waals surface area contributed by atoms with E-state index in [0.717, 1.165) is 35.7 Å². The fourth-order valence-electron chi connectivity index (χ4n) is 2.58. The summed E-state index contributed by atoms with van der Waals surface area (Å²) in [6.45, 7) is 2.95. The highest BCUT2D eigenvalue weighted by molar-refractivity contribution is 7.51. The Hall–Kier alpha value is -2.66. The Bertz CT molecular complexity index is 852. The Morgan fingerprint density at radius 2 is 1.54 bits per heavy atom. The van der Waals surface area contributed by atoms with Crippen molar-refractivity contribution < 1.29 is 17.9 Å². The second-order valence-electron chi connectivity index (χ2n) is 5.68. The second kappa shape index (κ2) is 11.1. The zero-order chi connectivity index (χ0) is 18.6. The lowest BCUT2D eigenvalue weighted by Gasteiger charge is -2.11. The van der Waals surface area contributed by atoms with Crippen LogP contribution in [0, 0.1) is 0 Å². The first-order valence-corrected chi connectivity index (χ1v) is 9.25. The molecule has 0 N–H and O–H groups in total. The Morgan fingerprint density at radius 3 is 2.35 bits per heavy atom. The van der Waals surface area contributed by atoms with Gasteiger partial charge in [0.1, 0.15) is 17.2 Å². The molecule has 0 aliphatic rings. The second-order valence-corrected chi connectivity index (χ2v) is 5.81. The van der Waals surface area contributed by atoms with Crippen LogP contribution in [0.4, 0.5) is 0 Å². The first kappa shape index (κ1) is 19.7. The van der Waals surface area contributed by atoms with E-state index in [4.69, 9.17) is 17.9 Å². The molecule has 0 heterocycles. The van der Waals surface area contributed by atoms with Gasteiger partial charge >= 0.3 is 11.6 Å². The van der Waals surface area contributed by atoms with Crippen molar-refractivity contribution in [2.75, 3.05) is 6.61 Å². The summed E-state index contributed by atoms with van der Waals surface area (Å²) in [7, 11) is 0. The van der Waals surface area contributed by atoms with Crippen molar-refractivity contribution >= 4 is 22.3 Å². The van der Waals surface area contributed by atoms with Gasteiger partial charge in [-0.25, -0.2) is 0 Å². The van der Waals surface area contributed by atoms with E-state index in [9.17, 15) is 0 Å². The summed E-state index contributed by atoms with van der Waals surface area (Å²) in [6, 6.07) is 22.2. The molecule has 136 valence electrons. The monoisotopic (exact) mass is 370 g/mol. The van der Waals surface area contributed by atoms with Crippen LogP contribution < -0.4 is 9.47 Å². The summed E-state index contributed by atoms with van der Waals surface area (Å²) in [5, 5.41) is 2.29. The van der Waals surface area contributed by atoms with Crippen molar-refractivity contribution in [2.45, 2.75) is 26.2 Å². The lowest BCUT2D eigenvalue weighted by atomic mass is 10.1. The van der Waals surface area contributed by atoms with Crippen molar-refractivity contribution in [3.63, 3.8) is 0 Å². The molecule has 0 saturated carbocycles. The minimum atomic E-state index is -0.750. The number of hydrogen-bond acceptors (Lipinski definition) is 4. The van der Waals surface area contributed by atoms with Crippen LogP contribution in [0.25, 0.3) is 10.8 Å². The van der Waals surface area contributed by atoms with E-state index in [1.54, 1.807) is 0 Å². The minimum Gasteiger partial charge on any atom is -0.493 e. The van der Waals surface area contributed by atoms with Crippen molar-refractivity contribution in [1.29, 1.82) is 0 Å². The summed E-state index contributed by atoms with van der Waals surface area (Å²) in [4.78, 5) is 0. The van der Waals surface area contributed by atoms with Crippen molar-refractivity contribution in [2.24, 2.45) is 0 Å². The third-order valence-corrected chi connectivity index (χ3v) is 3.80. The highest BCUT2D eigenvalue weighted by Gasteiger charge is 2.04. The molecule has 0 spiro atoms. The molecule has 0 radical (unpaired) electrons. The van der Waals surface area contributed by atoms with E-state index in [0.29, 0.717) is 0 Å². The van der Waals surface area contributed by atoms with Crippen molar-refractivity contribution in [1.82, 2.24) is 0 Å². The highest BCUT2D eigenvalue weighted by atomic mass is 32.1. The molecule has 0 amide bonds. The van der Waals surface area contributed by atoms with Gasteiger partial charge in [-0.2, -0.15) is 8.42 Å². The number of fused-ring (bicyclic) bond motifs is 1. The van der Waals surface area contributed by atoms with Gasteiger partial charge in [0.25, 0.3) is 0 Å². The summed E-state index contributed by atoms with van der Waals surface area (Å²) in [5.74, 6) is 2.53. The van der Waals surface area contributed by atoms with Gasteiger partial charge in [-0.3, -0.25) is 0 Å². The van der Waals surface area contributed by atoms with Crippen LogP contribution in [0.15, 0.2) is 66.7 Å². The van der Waals surface area contributed by atoms with Crippen molar-refractivity contribution in [3.8, 4) is 17.2 Å². The van der Waals surface area contributed by atoms with Gasteiger partial charge in [-0.05, 0) is 30.0 Å². The van der Waals surface area contributed by atoms with Gasteiger partial charge in [0.05, 0.1) is 6.61 Å². The average molecular weight is 370 g/mol. The number of benzene rings is 3. The van der Waals surface area contributed by atoms with Crippen LogP contribution in [-0.4, -0.2) is 15.0 Å². The van der Waals surface area contributed by atoms with Crippen LogP contribution >= 0.6 is 0 Å². The van der Waals surface area contributed by atoms with E-state index in [2.05, 4.69) is 25.1 Å². The molecular formula is C21H22O4S. The zero-order valence-corrected chi connectivity index (χ0v) is 15.5. The van der Waals surface area contributed by atoms with Crippen LogP contribution in [0.2, 0.25) is 0 Å². The molecule has 3 aromatic carbocycles. The molecule has 0 aromatic heterocycles. The van der Waals surface area contributed by atoms with E-state index in [1.165, 1.54) is 18.2 Å². The standard InChI is InChI=1S/C21H22O2.O2S/c1-2-3-6-15-22-18-11-8-12-19(16-18)23-21-14-7-10-17-9-4-5-13-20(17)21;1-3-2/h4-5,7-14,16H,2-3,6,15H2,1H3;. The van der Waals surface area contributed by atoms with E-state index in [-0.39, 0.29) is 0 Å². The van der Waals surface area contributed by atoms with E-state index < -0.39 is 11.6 Å². The van der Waals surface area contributed by atoms with Gasteiger partial charge in [-0.1, -0.05) is 62.2 Å². The first-order valence-electron chi connectivity index (χ1n) is 8.58. The van der Waals surface area contributed by atoms with Crippen molar-refractivity contribution in [3.05, 3.63) is 66.7 Å². The highest BCUT2D eigenvalue weighted by Crippen LogP contribution is 2.31. The summed E-state index contributed by atoms with van der Waals surface area (Å²) < 4.78 is 28.5. The smallest absolute Gasteiger partial charge is 0.335 e. The quantitative estimate of drug-likeness (QED) is 0.513.